The van der Waals surface area contributed by atoms with Gasteiger partial charge in [-0.05, 0) is 41.4 Å². The number of fused-ring (bicyclic) bond motifs is 1. The van der Waals surface area contributed by atoms with Crippen molar-refractivity contribution >= 4 is 21.7 Å². The van der Waals surface area contributed by atoms with Crippen molar-refractivity contribution in [2.45, 2.75) is 20.3 Å². The van der Waals surface area contributed by atoms with Crippen LogP contribution in [0, 0.1) is 6.92 Å². The fourth-order valence-corrected chi connectivity index (χ4v) is 2.84. The van der Waals surface area contributed by atoms with Crippen molar-refractivity contribution in [1.29, 1.82) is 0 Å². The third kappa shape index (κ3) is 2.10. The molecule has 0 atom stereocenters. The number of aryl methyl sites for hydroxylation is 1. The molecule has 0 spiro atoms. The van der Waals surface area contributed by atoms with Gasteiger partial charge in [0, 0.05) is 16.8 Å². The lowest BCUT2D eigenvalue weighted by Crippen LogP contribution is -2.04. The van der Waals surface area contributed by atoms with Crippen LogP contribution < -0.4 is 15.2 Å². The summed E-state index contributed by atoms with van der Waals surface area (Å²) in [5.41, 5.74) is 8.75. The maximum Gasteiger partial charge on any atom is 0.231 e. The van der Waals surface area contributed by atoms with E-state index in [4.69, 9.17) is 15.2 Å². The van der Waals surface area contributed by atoms with Crippen molar-refractivity contribution in [2.75, 3.05) is 12.5 Å². The zero-order valence-corrected chi connectivity index (χ0v) is 12.8. The van der Waals surface area contributed by atoms with Gasteiger partial charge in [-0.15, -0.1) is 0 Å². The number of nitrogens with two attached hydrogens (primary N) is 1. The summed E-state index contributed by atoms with van der Waals surface area (Å²) in [5, 5.41) is 0. The molecule has 5 nitrogen and oxygen atoms in total. The smallest absolute Gasteiger partial charge is 0.231 e. The van der Waals surface area contributed by atoms with Gasteiger partial charge in [-0.2, -0.15) is 0 Å². The second kappa shape index (κ2) is 4.94. The third-order valence-electron chi connectivity index (χ3n) is 3.28. The Morgan fingerprint density at radius 3 is 2.80 bits per heavy atom. The summed E-state index contributed by atoms with van der Waals surface area (Å²) in [6.07, 6.45) is 0.822. The molecule has 0 unspecified atom stereocenters. The highest BCUT2D eigenvalue weighted by molar-refractivity contribution is 9.10. The van der Waals surface area contributed by atoms with E-state index in [9.17, 15) is 0 Å². The molecule has 2 N–H and O–H groups in total. The maximum atomic E-state index is 6.00. The Balaban J connectivity index is 2.12. The van der Waals surface area contributed by atoms with Crippen molar-refractivity contribution in [2.24, 2.45) is 0 Å². The molecule has 2 aromatic rings. The first-order chi connectivity index (χ1) is 9.60. The standard InChI is InChI=1S/C14H14BrN3O2/c1-3-9-7(2)17-14(18-13(9)16)8-4-10(15)12-11(5-8)19-6-20-12/h4-5H,3,6H2,1-2H3,(H2,16,17,18). The molecule has 1 aromatic carbocycles. The second-order valence-corrected chi connectivity index (χ2v) is 5.40. The van der Waals surface area contributed by atoms with Gasteiger partial charge < -0.3 is 15.2 Å². The van der Waals surface area contributed by atoms with Crippen LogP contribution in [0.15, 0.2) is 16.6 Å². The van der Waals surface area contributed by atoms with Gasteiger partial charge in [-0.25, -0.2) is 9.97 Å². The van der Waals surface area contributed by atoms with Gasteiger partial charge in [-0.1, -0.05) is 6.92 Å². The van der Waals surface area contributed by atoms with Gasteiger partial charge in [0.1, 0.15) is 5.82 Å². The van der Waals surface area contributed by atoms with E-state index in [0.717, 1.165) is 27.7 Å². The SMILES string of the molecule is CCc1c(C)nc(-c2cc(Br)c3c(c2)OCO3)nc1N. The van der Waals surface area contributed by atoms with E-state index in [-0.39, 0.29) is 6.79 Å². The molecule has 104 valence electrons. The minimum Gasteiger partial charge on any atom is -0.454 e. The van der Waals surface area contributed by atoms with E-state index in [2.05, 4.69) is 25.9 Å². The zero-order valence-electron chi connectivity index (χ0n) is 11.2. The van der Waals surface area contributed by atoms with Crippen LogP contribution in [0.3, 0.4) is 0 Å². The number of nitrogens with zero attached hydrogens (tertiary/aromatic N) is 2. The molecule has 0 amide bonds. The quantitative estimate of drug-likeness (QED) is 0.913. The van der Waals surface area contributed by atoms with Crippen LogP contribution in [0.2, 0.25) is 0 Å². The van der Waals surface area contributed by atoms with Crippen molar-refractivity contribution in [3.8, 4) is 22.9 Å². The van der Waals surface area contributed by atoms with Gasteiger partial charge in [0.05, 0.1) is 4.47 Å². The summed E-state index contributed by atoms with van der Waals surface area (Å²) in [5.74, 6) is 2.53. The number of benzene rings is 1. The van der Waals surface area contributed by atoms with Crippen molar-refractivity contribution < 1.29 is 9.47 Å². The average molecular weight is 336 g/mol. The van der Waals surface area contributed by atoms with Gasteiger partial charge >= 0.3 is 0 Å². The van der Waals surface area contributed by atoms with Gasteiger partial charge in [0.15, 0.2) is 17.3 Å². The lowest BCUT2D eigenvalue weighted by atomic mass is 10.1. The second-order valence-electron chi connectivity index (χ2n) is 4.54. The number of hydrogen-bond donors (Lipinski definition) is 1. The van der Waals surface area contributed by atoms with Crippen molar-refractivity contribution in [3.63, 3.8) is 0 Å². The highest BCUT2D eigenvalue weighted by Crippen LogP contribution is 2.42. The van der Waals surface area contributed by atoms with Crippen LogP contribution in [-0.4, -0.2) is 16.8 Å². The number of anilines is 1. The van der Waals surface area contributed by atoms with E-state index in [1.165, 1.54) is 0 Å². The fraction of sp³-hybridized carbons (Fsp3) is 0.286. The van der Waals surface area contributed by atoms with Crippen LogP contribution in [0.1, 0.15) is 18.2 Å². The topological polar surface area (TPSA) is 70.3 Å². The molecule has 0 radical (unpaired) electrons. The molecule has 6 heteroatoms. The molecular weight excluding hydrogens is 322 g/mol. The number of rotatable bonds is 2. The Kier molecular flexibility index (Phi) is 3.25. The highest BCUT2D eigenvalue weighted by Gasteiger charge is 2.20. The van der Waals surface area contributed by atoms with Crippen LogP contribution in [0.25, 0.3) is 11.4 Å². The molecule has 0 saturated carbocycles. The Bertz CT molecular complexity index is 665. The maximum absolute atomic E-state index is 6.00. The number of ether oxygens (including phenoxy) is 2. The first-order valence-corrected chi connectivity index (χ1v) is 7.12. The molecule has 20 heavy (non-hydrogen) atoms. The minimum atomic E-state index is 0.230. The van der Waals surface area contributed by atoms with Crippen LogP contribution in [0.4, 0.5) is 5.82 Å². The van der Waals surface area contributed by atoms with Gasteiger partial charge in [0.25, 0.3) is 0 Å². The first kappa shape index (κ1) is 13.2. The lowest BCUT2D eigenvalue weighted by Gasteiger charge is -2.10. The highest BCUT2D eigenvalue weighted by atomic mass is 79.9. The molecule has 0 fully saturated rings. The number of nitrogen functional groups attached to an aromatic ring is 1. The van der Waals surface area contributed by atoms with Crippen LogP contribution >= 0.6 is 15.9 Å². The molecular formula is C14H14BrN3O2. The van der Waals surface area contributed by atoms with E-state index < -0.39 is 0 Å². The summed E-state index contributed by atoms with van der Waals surface area (Å²) in [7, 11) is 0. The van der Waals surface area contributed by atoms with E-state index in [1.54, 1.807) is 0 Å². The molecule has 1 aliphatic heterocycles. The summed E-state index contributed by atoms with van der Waals surface area (Å²) in [4.78, 5) is 8.92. The van der Waals surface area contributed by atoms with E-state index in [0.29, 0.717) is 23.1 Å². The molecule has 0 aliphatic carbocycles. The normalized spacial score (nSPS) is 12.8. The average Bonchev–Trinajstić information content (AvgIpc) is 2.87. The Morgan fingerprint density at radius 2 is 2.10 bits per heavy atom. The largest absolute Gasteiger partial charge is 0.454 e. The molecule has 2 heterocycles. The minimum absolute atomic E-state index is 0.230. The van der Waals surface area contributed by atoms with Crippen molar-refractivity contribution in [1.82, 2.24) is 9.97 Å². The predicted molar refractivity (Wildman–Crippen MR) is 79.8 cm³/mol. The Hall–Kier alpha value is -1.82. The molecule has 1 aromatic heterocycles. The monoisotopic (exact) mass is 335 g/mol. The number of aromatic nitrogens is 2. The molecule has 0 bridgehead atoms. The van der Waals surface area contributed by atoms with Crippen molar-refractivity contribution in [3.05, 3.63) is 27.9 Å². The number of halogens is 1. The molecule has 0 saturated heterocycles. The van der Waals surface area contributed by atoms with Crippen LogP contribution in [-0.2, 0) is 6.42 Å². The first-order valence-electron chi connectivity index (χ1n) is 6.32. The molecule has 1 aliphatic rings. The number of hydrogen-bond acceptors (Lipinski definition) is 5. The molecule has 3 rings (SSSR count). The predicted octanol–water partition coefficient (Wildman–Crippen LogP) is 3.09. The fourth-order valence-electron chi connectivity index (χ4n) is 2.28. The van der Waals surface area contributed by atoms with Gasteiger partial charge in [-0.3, -0.25) is 0 Å². The van der Waals surface area contributed by atoms with E-state index in [1.807, 2.05) is 26.0 Å². The van der Waals surface area contributed by atoms with Crippen LogP contribution in [0.5, 0.6) is 11.5 Å². The summed E-state index contributed by atoms with van der Waals surface area (Å²) in [6, 6.07) is 3.78. The Labute approximate surface area is 125 Å². The zero-order chi connectivity index (χ0) is 14.3. The third-order valence-corrected chi connectivity index (χ3v) is 3.87. The Morgan fingerprint density at radius 1 is 1.30 bits per heavy atom. The summed E-state index contributed by atoms with van der Waals surface area (Å²) < 4.78 is 11.6. The summed E-state index contributed by atoms with van der Waals surface area (Å²) >= 11 is 3.47. The van der Waals surface area contributed by atoms with E-state index >= 15 is 0 Å². The summed E-state index contributed by atoms with van der Waals surface area (Å²) in [6.45, 7) is 4.22. The lowest BCUT2D eigenvalue weighted by molar-refractivity contribution is 0.173. The van der Waals surface area contributed by atoms with Gasteiger partial charge in [0.2, 0.25) is 6.79 Å².